The van der Waals surface area contributed by atoms with E-state index in [1.54, 1.807) is 11.3 Å². The zero-order chi connectivity index (χ0) is 14.1. The maximum Gasteiger partial charge on any atom is 0.0791 e. The van der Waals surface area contributed by atoms with E-state index in [-0.39, 0.29) is 6.10 Å². The largest absolute Gasteiger partial charge is 0.390 e. The van der Waals surface area contributed by atoms with Crippen LogP contribution in [0, 0.1) is 0 Å². The van der Waals surface area contributed by atoms with Gasteiger partial charge >= 0.3 is 0 Å². The van der Waals surface area contributed by atoms with E-state index in [1.807, 2.05) is 0 Å². The van der Waals surface area contributed by atoms with E-state index in [2.05, 4.69) is 48.5 Å². The highest BCUT2D eigenvalue weighted by molar-refractivity contribution is 7.10. The highest BCUT2D eigenvalue weighted by Crippen LogP contribution is 2.22. The average Bonchev–Trinajstić information content (AvgIpc) is 2.94. The van der Waals surface area contributed by atoms with Crippen LogP contribution in [-0.2, 0) is 0 Å². The molecule has 0 amide bonds. The molecule has 3 nitrogen and oxygen atoms in total. The number of nitrogens with one attached hydrogen (secondary N) is 1. The molecule has 1 aromatic rings. The summed E-state index contributed by atoms with van der Waals surface area (Å²) in [5.74, 6) is 0. The van der Waals surface area contributed by atoms with Gasteiger partial charge in [-0.1, -0.05) is 33.3 Å². The Morgan fingerprint density at radius 1 is 1.32 bits per heavy atom. The molecule has 110 valence electrons. The Bertz CT molecular complexity index is 312. The molecule has 2 N–H and O–H groups in total. The molecule has 0 aliphatic carbocycles. The van der Waals surface area contributed by atoms with Crippen molar-refractivity contribution >= 4 is 11.3 Å². The quantitative estimate of drug-likeness (QED) is 0.693. The van der Waals surface area contributed by atoms with Gasteiger partial charge in [0.2, 0.25) is 0 Å². The molecule has 1 heterocycles. The Morgan fingerprint density at radius 3 is 2.58 bits per heavy atom. The number of hydrogen-bond donors (Lipinski definition) is 2. The molecule has 0 aliphatic heterocycles. The summed E-state index contributed by atoms with van der Waals surface area (Å²) < 4.78 is 0. The van der Waals surface area contributed by atoms with Gasteiger partial charge in [0.05, 0.1) is 6.10 Å². The highest BCUT2D eigenvalue weighted by Gasteiger charge is 2.14. The Morgan fingerprint density at radius 2 is 2.05 bits per heavy atom. The van der Waals surface area contributed by atoms with E-state index in [4.69, 9.17) is 0 Å². The molecule has 1 rings (SSSR count). The Labute approximate surface area is 121 Å². The summed E-state index contributed by atoms with van der Waals surface area (Å²) in [6, 6.07) is 4.65. The lowest BCUT2D eigenvalue weighted by Crippen LogP contribution is -2.39. The van der Waals surface area contributed by atoms with Gasteiger partial charge in [0.1, 0.15) is 0 Å². The predicted octanol–water partition coefficient (Wildman–Crippen LogP) is 2.88. The number of hydrogen-bond acceptors (Lipinski definition) is 4. The fourth-order valence-electron chi connectivity index (χ4n) is 2.25. The van der Waals surface area contributed by atoms with Gasteiger partial charge in [-0.05, 0) is 31.0 Å². The summed E-state index contributed by atoms with van der Waals surface area (Å²) in [6.45, 7) is 9.88. The van der Waals surface area contributed by atoms with Crippen molar-refractivity contribution in [3.05, 3.63) is 22.4 Å². The Hall–Kier alpha value is -0.420. The molecule has 19 heavy (non-hydrogen) atoms. The molecule has 0 saturated carbocycles. The maximum atomic E-state index is 10.1. The first kappa shape index (κ1) is 16.6. The zero-order valence-corrected chi connectivity index (χ0v) is 13.2. The zero-order valence-electron chi connectivity index (χ0n) is 12.4. The Balaban J connectivity index is 2.39. The summed E-state index contributed by atoms with van der Waals surface area (Å²) in [4.78, 5) is 3.63. The maximum absolute atomic E-state index is 10.1. The highest BCUT2D eigenvalue weighted by atomic mass is 32.1. The first-order chi connectivity index (χ1) is 9.21. The minimum atomic E-state index is -0.292. The van der Waals surface area contributed by atoms with E-state index in [9.17, 15) is 5.11 Å². The standard InChI is InChI=1S/C15H28N2OS/c1-4-8-14(15-9-7-10-19-15)16-11-13(18)12-17(5-2)6-3/h7,9-10,13-14,16,18H,4-6,8,11-12H2,1-3H3. The van der Waals surface area contributed by atoms with Crippen molar-refractivity contribution in [2.75, 3.05) is 26.2 Å². The van der Waals surface area contributed by atoms with Crippen LogP contribution in [0.4, 0.5) is 0 Å². The van der Waals surface area contributed by atoms with E-state index in [0.29, 0.717) is 12.6 Å². The van der Waals surface area contributed by atoms with Crippen LogP contribution in [0.25, 0.3) is 0 Å². The fourth-order valence-corrected chi connectivity index (χ4v) is 3.08. The van der Waals surface area contributed by atoms with Gasteiger partial charge in [0.25, 0.3) is 0 Å². The van der Waals surface area contributed by atoms with Crippen molar-refractivity contribution in [1.82, 2.24) is 10.2 Å². The summed E-state index contributed by atoms with van der Waals surface area (Å²) in [6.07, 6.45) is 1.99. The van der Waals surface area contributed by atoms with Gasteiger partial charge in [0.15, 0.2) is 0 Å². The van der Waals surface area contributed by atoms with Crippen molar-refractivity contribution in [2.45, 2.75) is 45.8 Å². The molecule has 1 aromatic heterocycles. The fraction of sp³-hybridized carbons (Fsp3) is 0.733. The minimum Gasteiger partial charge on any atom is -0.390 e. The SMILES string of the molecule is CCCC(NCC(O)CN(CC)CC)c1cccs1. The summed E-state index contributed by atoms with van der Waals surface area (Å²) in [5, 5.41) is 15.7. The van der Waals surface area contributed by atoms with Crippen LogP contribution in [0.5, 0.6) is 0 Å². The number of aliphatic hydroxyl groups is 1. The van der Waals surface area contributed by atoms with Crippen LogP contribution in [0.1, 0.15) is 44.5 Å². The second-order valence-corrected chi connectivity index (χ2v) is 5.88. The molecule has 0 saturated heterocycles. The van der Waals surface area contributed by atoms with Gasteiger partial charge in [0, 0.05) is 24.0 Å². The molecule has 0 fully saturated rings. The van der Waals surface area contributed by atoms with Crippen LogP contribution >= 0.6 is 11.3 Å². The van der Waals surface area contributed by atoms with Crippen molar-refractivity contribution in [1.29, 1.82) is 0 Å². The van der Waals surface area contributed by atoms with Crippen molar-refractivity contribution in [2.24, 2.45) is 0 Å². The number of likely N-dealkylation sites (N-methyl/N-ethyl adjacent to an activating group) is 1. The lowest BCUT2D eigenvalue weighted by molar-refractivity contribution is 0.113. The van der Waals surface area contributed by atoms with Gasteiger partial charge in [-0.25, -0.2) is 0 Å². The third-order valence-electron chi connectivity index (χ3n) is 3.43. The van der Waals surface area contributed by atoms with E-state index >= 15 is 0 Å². The van der Waals surface area contributed by atoms with E-state index < -0.39 is 0 Å². The van der Waals surface area contributed by atoms with Gasteiger partial charge in [-0.3, -0.25) is 0 Å². The average molecular weight is 284 g/mol. The van der Waals surface area contributed by atoms with Crippen LogP contribution in [0.3, 0.4) is 0 Å². The molecule has 0 aromatic carbocycles. The number of thiophene rings is 1. The molecule has 0 bridgehead atoms. The van der Waals surface area contributed by atoms with E-state index in [0.717, 1.165) is 32.5 Å². The lowest BCUT2D eigenvalue weighted by atomic mass is 10.1. The first-order valence-corrected chi connectivity index (χ1v) is 8.26. The monoisotopic (exact) mass is 284 g/mol. The Kier molecular flexibility index (Phi) is 8.30. The van der Waals surface area contributed by atoms with E-state index in [1.165, 1.54) is 4.88 Å². The van der Waals surface area contributed by atoms with Gasteiger partial charge in [-0.15, -0.1) is 11.3 Å². The molecule has 0 radical (unpaired) electrons. The number of aliphatic hydroxyl groups excluding tert-OH is 1. The second kappa shape index (κ2) is 9.48. The van der Waals surface area contributed by atoms with Gasteiger partial charge < -0.3 is 15.3 Å². The number of rotatable bonds is 10. The van der Waals surface area contributed by atoms with Gasteiger partial charge in [-0.2, -0.15) is 0 Å². The topological polar surface area (TPSA) is 35.5 Å². The summed E-state index contributed by atoms with van der Waals surface area (Å²) in [7, 11) is 0. The molecular formula is C15H28N2OS. The number of nitrogens with zero attached hydrogens (tertiary/aromatic N) is 1. The van der Waals surface area contributed by atoms with Crippen LogP contribution in [0.2, 0.25) is 0 Å². The van der Waals surface area contributed by atoms with Crippen molar-refractivity contribution in [3.8, 4) is 0 Å². The molecule has 0 spiro atoms. The minimum absolute atomic E-state index is 0.292. The predicted molar refractivity (Wildman–Crippen MR) is 83.8 cm³/mol. The third-order valence-corrected chi connectivity index (χ3v) is 4.41. The molecule has 0 aliphatic rings. The third kappa shape index (κ3) is 6.04. The normalized spacial score (nSPS) is 14.8. The van der Waals surface area contributed by atoms with Crippen molar-refractivity contribution in [3.63, 3.8) is 0 Å². The lowest BCUT2D eigenvalue weighted by Gasteiger charge is -2.24. The molecular weight excluding hydrogens is 256 g/mol. The second-order valence-electron chi connectivity index (χ2n) is 4.90. The molecule has 2 atom stereocenters. The molecule has 4 heteroatoms. The van der Waals surface area contributed by atoms with Crippen LogP contribution in [0.15, 0.2) is 17.5 Å². The summed E-state index contributed by atoms with van der Waals surface area (Å²) >= 11 is 1.79. The molecule has 2 unspecified atom stereocenters. The summed E-state index contributed by atoms with van der Waals surface area (Å²) in [5.41, 5.74) is 0. The van der Waals surface area contributed by atoms with Crippen molar-refractivity contribution < 1.29 is 5.11 Å². The van der Waals surface area contributed by atoms with Crippen LogP contribution < -0.4 is 5.32 Å². The van der Waals surface area contributed by atoms with Crippen LogP contribution in [-0.4, -0.2) is 42.3 Å². The smallest absolute Gasteiger partial charge is 0.0791 e. The first-order valence-electron chi connectivity index (χ1n) is 7.38.